The van der Waals surface area contributed by atoms with Gasteiger partial charge in [0.1, 0.15) is 23.6 Å². The Balaban J connectivity index is 0.00000338. The number of ether oxygens (including phenoxy) is 1. The van der Waals surface area contributed by atoms with E-state index in [1.807, 2.05) is 25.1 Å². The largest absolute Gasteiger partial charge is 0.465 e. The fourth-order valence-corrected chi connectivity index (χ4v) is 2.44. The minimum absolute atomic E-state index is 0. The molecule has 1 heterocycles. The van der Waals surface area contributed by atoms with Crippen molar-refractivity contribution in [1.82, 2.24) is 10.6 Å². The number of furan rings is 1. The Morgan fingerprint density at radius 3 is 2.62 bits per heavy atom. The third-order valence-corrected chi connectivity index (χ3v) is 3.76. The zero-order chi connectivity index (χ0) is 18.2. The van der Waals surface area contributed by atoms with Gasteiger partial charge < -0.3 is 19.8 Å². The van der Waals surface area contributed by atoms with Gasteiger partial charge in [-0.3, -0.25) is 0 Å². The van der Waals surface area contributed by atoms with Crippen LogP contribution in [0.4, 0.5) is 0 Å². The van der Waals surface area contributed by atoms with Crippen molar-refractivity contribution in [1.29, 1.82) is 0 Å². The lowest BCUT2D eigenvalue weighted by Crippen LogP contribution is -2.38. The SMILES string of the molecule is CCNC(=NCc1cc(C(=O)OC)c(C)o1)NC(C)c1ccccc1.I. The molecule has 6 nitrogen and oxygen atoms in total. The summed E-state index contributed by atoms with van der Waals surface area (Å²) in [7, 11) is 1.35. The number of esters is 1. The second-order valence-electron chi connectivity index (χ2n) is 5.65. The molecule has 2 aromatic rings. The van der Waals surface area contributed by atoms with Gasteiger partial charge in [0.05, 0.1) is 13.2 Å². The molecule has 1 unspecified atom stereocenters. The molecule has 0 radical (unpaired) electrons. The van der Waals surface area contributed by atoms with Crippen LogP contribution in [0.25, 0.3) is 0 Å². The van der Waals surface area contributed by atoms with E-state index in [4.69, 9.17) is 9.15 Å². The molecule has 2 rings (SSSR count). The van der Waals surface area contributed by atoms with Gasteiger partial charge >= 0.3 is 5.97 Å². The first-order valence-corrected chi connectivity index (χ1v) is 8.32. The van der Waals surface area contributed by atoms with Crippen LogP contribution in [-0.2, 0) is 11.3 Å². The molecule has 1 aromatic carbocycles. The van der Waals surface area contributed by atoms with E-state index >= 15 is 0 Å². The zero-order valence-electron chi connectivity index (χ0n) is 15.5. The van der Waals surface area contributed by atoms with Crippen LogP contribution in [0.3, 0.4) is 0 Å². The summed E-state index contributed by atoms with van der Waals surface area (Å²) in [5.41, 5.74) is 1.61. The van der Waals surface area contributed by atoms with Crippen molar-refractivity contribution in [3.63, 3.8) is 0 Å². The topological polar surface area (TPSA) is 75.9 Å². The highest BCUT2D eigenvalue weighted by molar-refractivity contribution is 14.0. The fourth-order valence-electron chi connectivity index (χ4n) is 2.44. The summed E-state index contributed by atoms with van der Waals surface area (Å²) in [6, 6.07) is 11.9. The van der Waals surface area contributed by atoms with E-state index in [1.54, 1.807) is 13.0 Å². The highest BCUT2D eigenvalue weighted by Gasteiger charge is 2.15. The van der Waals surface area contributed by atoms with Crippen LogP contribution >= 0.6 is 24.0 Å². The first-order valence-electron chi connectivity index (χ1n) is 8.32. The fraction of sp³-hybridized carbons (Fsp3) is 0.368. The number of nitrogens with one attached hydrogen (secondary N) is 2. The number of nitrogens with zero attached hydrogens (tertiary/aromatic N) is 1. The van der Waals surface area contributed by atoms with E-state index in [-0.39, 0.29) is 30.0 Å². The maximum absolute atomic E-state index is 11.6. The van der Waals surface area contributed by atoms with Crippen molar-refractivity contribution in [3.8, 4) is 0 Å². The Morgan fingerprint density at radius 1 is 1.31 bits per heavy atom. The third-order valence-electron chi connectivity index (χ3n) is 3.76. The highest BCUT2D eigenvalue weighted by Crippen LogP contribution is 2.16. The summed E-state index contributed by atoms with van der Waals surface area (Å²) >= 11 is 0. The number of benzene rings is 1. The van der Waals surface area contributed by atoms with Crippen LogP contribution in [0.1, 0.15) is 47.3 Å². The molecule has 0 fully saturated rings. The average Bonchev–Trinajstić information content (AvgIpc) is 3.00. The molecule has 0 amide bonds. The van der Waals surface area contributed by atoms with Crippen molar-refractivity contribution in [3.05, 3.63) is 59.0 Å². The van der Waals surface area contributed by atoms with Gasteiger partial charge in [-0.2, -0.15) is 0 Å². The Kier molecular flexibility index (Phi) is 9.18. The first-order chi connectivity index (χ1) is 12.0. The van der Waals surface area contributed by atoms with E-state index in [0.29, 0.717) is 29.6 Å². The highest BCUT2D eigenvalue weighted by atomic mass is 127. The Bertz CT molecular complexity index is 729. The van der Waals surface area contributed by atoms with Gasteiger partial charge in [-0.1, -0.05) is 30.3 Å². The van der Waals surface area contributed by atoms with Gasteiger partial charge in [0, 0.05) is 6.54 Å². The number of aryl methyl sites for hydroxylation is 1. The van der Waals surface area contributed by atoms with E-state index in [1.165, 1.54) is 12.7 Å². The van der Waals surface area contributed by atoms with Crippen LogP contribution in [0, 0.1) is 6.92 Å². The molecule has 1 aromatic heterocycles. The van der Waals surface area contributed by atoms with Crippen LogP contribution in [0.2, 0.25) is 0 Å². The average molecular weight is 471 g/mol. The molecule has 142 valence electrons. The maximum atomic E-state index is 11.6. The Hall–Kier alpha value is -2.03. The lowest BCUT2D eigenvalue weighted by molar-refractivity contribution is 0.0599. The van der Waals surface area contributed by atoms with Crippen LogP contribution in [0.15, 0.2) is 45.8 Å². The van der Waals surface area contributed by atoms with Crippen LogP contribution < -0.4 is 10.6 Å². The van der Waals surface area contributed by atoms with Crippen molar-refractivity contribution in [2.75, 3.05) is 13.7 Å². The van der Waals surface area contributed by atoms with Gasteiger partial charge in [0.25, 0.3) is 0 Å². The van der Waals surface area contributed by atoms with E-state index in [9.17, 15) is 4.79 Å². The molecule has 0 saturated carbocycles. The molecular weight excluding hydrogens is 445 g/mol. The van der Waals surface area contributed by atoms with Crippen molar-refractivity contribution in [2.24, 2.45) is 4.99 Å². The van der Waals surface area contributed by atoms with Gasteiger partial charge in [-0.15, -0.1) is 24.0 Å². The number of hydrogen-bond donors (Lipinski definition) is 2. The normalized spacial score (nSPS) is 12.1. The van der Waals surface area contributed by atoms with Gasteiger partial charge in [0.2, 0.25) is 0 Å². The zero-order valence-corrected chi connectivity index (χ0v) is 17.9. The molecule has 0 spiro atoms. The number of halogens is 1. The van der Waals surface area contributed by atoms with Crippen LogP contribution in [0.5, 0.6) is 0 Å². The molecule has 1 atom stereocenters. The summed E-state index contributed by atoms with van der Waals surface area (Å²) in [4.78, 5) is 16.2. The predicted molar refractivity (Wildman–Crippen MR) is 113 cm³/mol. The number of methoxy groups -OCH3 is 1. The van der Waals surface area contributed by atoms with E-state index < -0.39 is 5.97 Å². The second kappa shape index (κ2) is 10.8. The predicted octanol–water partition coefficient (Wildman–Crippen LogP) is 3.81. The molecule has 0 aliphatic heterocycles. The number of carbonyl (C=O) groups excluding carboxylic acids is 1. The number of guanidine groups is 1. The molecule has 26 heavy (non-hydrogen) atoms. The lowest BCUT2D eigenvalue weighted by atomic mass is 10.1. The summed E-state index contributed by atoms with van der Waals surface area (Å²) in [6.07, 6.45) is 0. The molecule has 2 N–H and O–H groups in total. The monoisotopic (exact) mass is 471 g/mol. The minimum atomic E-state index is -0.404. The molecule has 0 aliphatic carbocycles. The summed E-state index contributed by atoms with van der Waals surface area (Å²) in [5, 5.41) is 6.58. The number of rotatable bonds is 6. The number of carbonyl (C=O) groups is 1. The smallest absolute Gasteiger partial charge is 0.341 e. The Labute approximate surface area is 171 Å². The number of aliphatic imine (C=N–C) groups is 1. The maximum Gasteiger partial charge on any atom is 0.341 e. The summed E-state index contributed by atoms with van der Waals surface area (Å²) < 4.78 is 10.3. The van der Waals surface area contributed by atoms with Gasteiger partial charge in [-0.25, -0.2) is 9.79 Å². The van der Waals surface area contributed by atoms with Crippen molar-refractivity contribution >= 4 is 35.9 Å². The molecule has 0 aliphatic rings. The van der Waals surface area contributed by atoms with Crippen molar-refractivity contribution in [2.45, 2.75) is 33.4 Å². The molecular formula is C19H26IN3O3. The summed E-state index contributed by atoms with van der Waals surface area (Å²) in [5.74, 6) is 1.43. The number of hydrogen-bond acceptors (Lipinski definition) is 4. The lowest BCUT2D eigenvalue weighted by Gasteiger charge is -2.18. The van der Waals surface area contributed by atoms with E-state index in [0.717, 1.165) is 6.54 Å². The molecule has 7 heteroatoms. The van der Waals surface area contributed by atoms with Crippen molar-refractivity contribution < 1.29 is 13.9 Å². The standard InChI is InChI=1S/C19H25N3O3.HI/c1-5-20-19(22-13(2)15-9-7-6-8-10-15)21-12-16-11-17(14(3)25-16)18(23)24-4;/h6-11,13H,5,12H2,1-4H3,(H2,20,21,22);1H. The van der Waals surface area contributed by atoms with Gasteiger partial charge in [-0.05, 0) is 32.4 Å². The van der Waals surface area contributed by atoms with Gasteiger partial charge in [0.15, 0.2) is 5.96 Å². The second-order valence-corrected chi connectivity index (χ2v) is 5.65. The van der Waals surface area contributed by atoms with E-state index in [2.05, 4.69) is 34.7 Å². The molecule has 0 bridgehead atoms. The first kappa shape index (κ1) is 22.0. The summed E-state index contributed by atoms with van der Waals surface area (Å²) in [6.45, 7) is 6.90. The quantitative estimate of drug-likeness (QED) is 0.290. The minimum Gasteiger partial charge on any atom is -0.465 e. The van der Waals surface area contributed by atoms with Crippen LogP contribution in [-0.4, -0.2) is 25.6 Å². The Morgan fingerprint density at radius 2 is 2.00 bits per heavy atom. The third kappa shape index (κ3) is 6.05. The molecule has 0 saturated heterocycles.